The topological polar surface area (TPSA) is 66.8 Å². The Balaban J connectivity index is 2.07. The fraction of sp³-hybridized carbons (Fsp3) is 0.333. The number of carboxylic acid groups (broad SMARTS) is 1. The minimum absolute atomic E-state index is 0.101. The van der Waals surface area contributed by atoms with Crippen LogP contribution in [-0.4, -0.2) is 29.1 Å². The van der Waals surface area contributed by atoms with Gasteiger partial charge in [0.2, 0.25) is 0 Å². The number of carbonyl (C=O) groups excluding carboxylic acids is 1. The molecule has 0 aliphatic carbocycles. The molecule has 0 saturated heterocycles. The van der Waals surface area contributed by atoms with Gasteiger partial charge in [0, 0.05) is 7.05 Å². The summed E-state index contributed by atoms with van der Waals surface area (Å²) in [5.41, 5.74) is 2.53. The molecule has 0 aliphatic rings. The maximum absolute atomic E-state index is 12.3. The third-order valence-electron chi connectivity index (χ3n) is 4.05. The van der Waals surface area contributed by atoms with Gasteiger partial charge in [-0.15, -0.1) is 0 Å². The summed E-state index contributed by atoms with van der Waals surface area (Å²) >= 11 is 0. The zero-order valence-corrected chi connectivity index (χ0v) is 15.4. The molecule has 1 amide bonds. The van der Waals surface area contributed by atoms with Crippen molar-refractivity contribution in [1.82, 2.24) is 4.90 Å². The zero-order chi connectivity index (χ0) is 19.1. The number of likely N-dealkylation sites (N-methyl/N-ethyl adjacent to an activating group) is 1. The highest BCUT2D eigenvalue weighted by molar-refractivity contribution is 5.81. The minimum atomic E-state index is -1.10. The number of benzene rings is 2. The summed E-state index contributed by atoms with van der Waals surface area (Å²) < 4.78 is 5.24. The fourth-order valence-electron chi connectivity index (χ4n) is 2.77. The van der Waals surface area contributed by atoms with Crippen LogP contribution in [0.15, 0.2) is 54.6 Å². The second-order valence-corrected chi connectivity index (χ2v) is 6.73. The summed E-state index contributed by atoms with van der Waals surface area (Å²) in [5, 5.41) is 9.60. The molecular formula is C21H25NO4. The lowest BCUT2D eigenvalue weighted by atomic mass is 9.99. The van der Waals surface area contributed by atoms with E-state index in [9.17, 15) is 14.7 Å². The second kappa shape index (κ2) is 9.04. The smallest absolute Gasteiger partial charge is 0.410 e. The molecule has 1 unspecified atom stereocenters. The first-order chi connectivity index (χ1) is 12.4. The van der Waals surface area contributed by atoms with E-state index < -0.39 is 18.1 Å². The molecule has 26 heavy (non-hydrogen) atoms. The number of amides is 1. The third-order valence-corrected chi connectivity index (χ3v) is 4.05. The Morgan fingerprint density at radius 3 is 2.15 bits per heavy atom. The number of rotatable bonds is 7. The highest BCUT2D eigenvalue weighted by Gasteiger charge is 2.29. The largest absolute Gasteiger partial charge is 0.479 e. The third kappa shape index (κ3) is 5.34. The molecule has 0 aromatic heterocycles. The number of hydrogen-bond acceptors (Lipinski definition) is 3. The molecule has 0 saturated carbocycles. The maximum atomic E-state index is 12.3. The lowest BCUT2D eigenvalue weighted by Gasteiger charge is -2.24. The van der Waals surface area contributed by atoms with Crippen molar-refractivity contribution in [2.45, 2.75) is 32.9 Å². The Bertz CT molecular complexity index is 725. The van der Waals surface area contributed by atoms with Crippen molar-refractivity contribution in [3.05, 3.63) is 71.3 Å². The number of ether oxygens (including phenoxy) is 1. The van der Waals surface area contributed by atoms with Gasteiger partial charge >= 0.3 is 12.1 Å². The first-order valence-corrected chi connectivity index (χ1v) is 8.63. The molecule has 0 heterocycles. The lowest BCUT2D eigenvalue weighted by Crippen LogP contribution is -2.36. The van der Waals surface area contributed by atoms with Crippen LogP contribution in [0.25, 0.3) is 0 Å². The van der Waals surface area contributed by atoms with Crippen LogP contribution in [0.4, 0.5) is 4.79 Å². The lowest BCUT2D eigenvalue weighted by molar-refractivity contribution is -0.142. The second-order valence-electron chi connectivity index (χ2n) is 6.73. The van der Waals surface area contributed by atoms with Gasteiger partial charge in [-0.25, -0.2) is 9.59 Å². The summed E-state index contributed by atoms with van der Waals surface area (Å²) in [6, 6.07) is 15.5. The quantitative estimate of drug-likeness (QED) is 0.805. The summed E-state index contributed by atoms with van der Waals surface area (Å²) in [6.07, 6.45) is 0.250. The first kappa shape index (κ1) is 19.5. The monoisotopic (exact) mass is 355 g/mol. The SMILES string of the molecule is CC(C)Cc1ccc(C(C(=O)O)N(C)C(=O)OCc2ccccc2)cc1. The van der Waals surface area contributed by atoms with E-state index in [0.717, 1.165) is 22.4 Å². The molecule has 2 rings (SSSR count). The fourth-order valence-corrected chi connectivity index (χ4v) is 2.77. The number of nitrogens with zero attached hydrogens (tertiary/aromatic N) is 1. The summed E-state index contributed by atoms with van der Waals surface area (Å²) in [5.74, 6) is -0.576. The van der Waals surface area contributed by atoms with Crippen molar-refractivity contribution in [3.8, 4) is 0 Å². The maximum Gasteiger partial charge on any atom is 0.410 e. The van der Waals surface area contributed by atoms with Gasteiger partial charge in [-0.2, -0.15) is 0 Å². The number of carbonyl (C=O) groups is 2. The van der Waals surface area contributed by atoms with Gasteiger partial charge in [0.1, 0.15) is 6.61 Å². The predicted octanol–water partition coefficient (Wildman–Crippen LogP) is 4.28. The molecule has 138 valence electrons. The number of carboxylic acids is 1. The molecule has 0 bridgehead atoms. The van der Waals surface area contributed by atoms with Crippen molar-refractivity contribution >= 4 is 12.1 Å². The van der Waals surface area contributed by atoms with Gasteiger partial charge in [-0.3, -0.25) is 4.90 Å². The molecule has 5 heteroatoms. The molecule has 5 nitrogen and oxygen atoms in total. The van der Waals surface area contributed by atoms with E-state index in [2.05, 4.69) is 13.8 Å². The molecule has 2 aromatic rings. The molecule has 0 radical (unpaired) electrons. The van der Waals surface area contributed by atoms with E-state index >= 15 is 0 Å². The van der Waals surface area contributed by atoms with Crippen molar-refractivity contribution in [1.29, 1.82) is 0 Å². The van der Waals surface area contributed by atoms with Crippen molar-refractivity contribution in [2.24, 2.45) is 5.92 Å². The first-order valence-electron chi connectivity index (χ1n) is 8.63. The number of aliphatic carboxylic acids is 1. The highest BCUT2D eigenvalue weighted by Crippen LogP contribution is 2.22. The van der Waals surface area contributed by atoms with Crippen molar-refractivity contribution < 1.29 is 19.4 Å². The zero-order valence-electron chi connectivity index (χ0n) is 15.4. The van der Waals surface area contributed by atoms with E-state index in [1.54, 1.807) is 12.1 Å². The van der Waals surface area contributed by atoms with Crippen LogP contribution in [0, 0.1) is 5.92 Å². The molecule has 0 fully saturated rings. The average Bonchev–Trinajstić information content (AvgIpc) is 2.61. The van der Waals surface area contributed by atoms with E-state index in [0.29, 0.717) is 11.5 Å². The highest BCUT2D eigenvalue weighted by atomic mass is 16.6. The summed E-state index contributed by atoms with van der Waals surface area (Å²) in [7, 11) is 1.44. The minimum Gasteiger partial charge on any atom is -0.479 e. The van der Waals surface area contributed by atoms with Gasteiger partial charge < -0.3 is 9.84 Å². The Morgan fingerprint density at radius 2 is 1.62 bits per heavy atom. The van der Waals surface area contributed by atoms with Gasteiger partial charge in [-0.1, -0.05) is 68.4 Å². The van der Waals surface area contributed by atoms with Crippen LogP contribution < -0.4 is 0 Å². The Morgan fingerprint density at radius 1 is 1.00 bits per heavy atom. The van der Waals surface area contributed by atoms with Crippen LogP contribution in [-0.2, 0) is 22.6 Å². The van der Waals surface area contributed by atoms with E-state index in [1.807, 2.05) is 42.5 Å². The Labute approximate surface area is 154 Å². The summed E-state index contributed by atoms with van der Waals surface area (Å²) in [4.78, 5) is 25.1. The average molecular weight is 355 g/mol. The van der Waals surface area contributed by atoms with Crippen molar-refractivity contribution in [3.63, 3.8) is 0 Å². The van der Waals surface area contributed by atoms with Crippen LogP contribution in [0.1, 0.15) is 36.6 Å². The Kier molecular flexibility index (Phi) is 6.78. The van der Waals surface area contributed by atoms with Crippen LogP contribution in [0.3, 0.4) is 0 Å². The molecule has 1 N–H and O–H groups in total. The van der Waals surface area contributed by atoms with E-state index in [4.69, 9.17) is 4.74 Å². The van der Waals surface area contributed by atoms with E-state index in [-0.39, 0.29) is 6.61 Å². The molecule has 0 aliphatic heterocycles. The van der Waals surface area contributed by atoms with Crippen molar-refractivity contribution in [2.75, 3.05) is 7.05 Å². The molecule has 1 atom stereocenters. The molecule has 0 spiro atoms. The predicted molar refractivity (Wildman–Crippen MR) is 99.8 cm³/mol. The Hall–Kier alpha value is -2.82. The standard InChI is InChI=1S/C21H25NO4/c1-15(2)13-16-9-11-18(12-10-16)19(20(23)24)22(3)21(25)26-14-17-7-5-4-6-8-17/h4-12,15,19H,13-14H2,1-3H3,(H,23,24). The van der Waals surface area contributed by atoms with Gasteiger partial charge in [0.15, 0.2) is 6.04 Å². The van der Waals surface area contributed by atoms with E-state index in [1.165, 1.54) is 7.05 Å². The molecular weight excluding hydrogens is 330 g/mol. The van der Waals surface area contributed by atoms with Gasteiger partial charge in [0.05, 0.1) is 0 Å². The van der Waals surface area contributed by atoms with Gasteiger partial charge in [-0.05, 0) is 29.0 Å². The number of hydrogen-bond donors (Lipinski definition) is 1. The van der Waals surface area contributed by atoms with Crippen LogP contribution in [0.2, 0.25) is 0 Å². The normalized spacial score (nSPS) is 11.8. The molecule has 2 aromatic carbocycles. The van der Waals surface area contributed by atoms with Crippen LogP contribution >= 0.6 is 0 Å². The summed E-state index contributed by atoms with van der Waals surface area (Å²) in [6.45, 7) is 4.36. The van der Waals surface area contributed by atoms with Crippen LogP contribution in [0.5, 0.6) is 0 Å². The van der Waals surface area contributed by atoms with Gasteiger partial charge in [0.25, 0.3) is 0 Å².